The maximum atomic E-state index is 11.9. The van der Waals surface area contributed by atoms with E-state index in [-0.39, 0.29) is 5.91 Å². The Labute approximate surface area is 177 Å². The van der Waals surface area contributed by atoms with Crippen molar-refractivity contribution in [2.24, 2.45) is 5.10 Å². The largest absolute Gasteiger partial charge is 0.455 e. The number of carbonyl (C=O) groups is 1. The van der Waals surface area contributed by atoms with Crippen molar-refractivity contribution >= 4 is 47.1 Å². The summed E-state index contributed by atoms with van der Waals surface area (Å²) < 4.78 is 5.69. The SMILES string of the molecule is Cc1ccc(CSCC(=O)N/N=C/c2ccc(-c3ccc(Cl)cc3Cl)o2)cc1. The van der Waals surface area contributed by atoms with Crippen molar-refractivity contribution in [1.29, 1.82) is 0 Å². The number of rotatable bonds is 7. The number of carbonyl (C=O) groups excluding carboxylic acids is 1. The van der Waals surface area contributed by atoms with Crippen LogP contribution in [0, 0.1) is 6.92 Å². The molecule has 3 aromatic rings. The van der Waals surface area contributed by atoms with Gasteiger partial charge in [0.25, 0.3) is 0 Å². The molecule has 1 N–H and O–H groups in total. The van der Waals surface area contributed by atoms with E-state index in [2.05, 4.69) is 41.7 Å². The van der Waals surface area contributed by atoms with Crippen LogP contribution in [0.4, 0.5) is 0 Å². The van der Waals surface area contributed by atoms with Crippen molar-refractivity contribution in [3.63, 3.8) is 0 Å². The van der Waals surface area contributed by atoms with E-state index >= 15 is 0 Å². The summed E-state index contributed by atoms with van der Waals surface area (Å²) in [6.07, 6.45) is 1.45. The number of aryl methyl sites for hydroxylation is 1. The Kier molecular flexibility index (Phi) is 7.20. The standard InChI is InChI=1S/C21H18Cl2N2O2S/c1-14-2-4-15(5-3-14)12-28-13-21(26)25-24-11-17-7-9-20(27-17)18-8-6-16(22)10-19(18)23/h2-11H,12-13H2,1H3,(H,25,26)/b24-11+. The molecule has 0 bridgehead atoms. The summed E-state index contributed by atoms with van der Waals surface area (Å²) >= 11 is 13.6. The third kappa shape index (κ3) is 5.89. The minimum atomic E-state index is -0.166. The van der Waals surface area contributed by atoms with Gasteiger partial charge in [0.15, 0.2) is 0 Å². The summed E-state index contributed by atoms with van der Waals surface area (Å²) in [5.41, 5.74) is 5.65. The van der Waals surface area contributed by atoms with Crippen LogP contribution in [0.5, 0.6) is 0 Å². The molecule has 0 aliphatic carbocycles. The minimum Gasteiger partial charge on any atom is -0.455 e. The molecule has 0 radical (unpaired) electrons. The second-order valence-electron chi connectivity index (χ2n) is 6.10. The number of nitrogens with one attached hydrogen (secondary N) is 1. The van der Waals surface area contributed by atoms with Crippen molar-refractivity contribution < 1.29 is 9.21 Å². The quantitative estimate of drug-likeness (QED) is 0.370. The molecule has 1 heterocycles. The summed E-state index contributed by atoms with van der Waals surface area (Å²) in [6.45, 7) is 2.05. The highest BCUT2D eigenvalue weighted by molar-refractivity contribution is 7.99. The minimum absolute atomic E-state index is 0.166. The first-order valence-electron chi connectivity index (χ1n) is 8.52. The molecule has 1 aromatic heterocycles. The van der Waals surface area contributed by atoms with E-state index in [0.29, 0.717) is 27.3 Å². The Morgan fingerprint density at radius 2 is 1.93 bits per heavy atom. The van der Waals surface area contributed by atoms with Crippen LogP contribution in [0.25, 0.3) is 11.3 Å². The van der Waals surface area contributed by atoms with E-state index in [4.69, 9.17) is 27.6 Å². The van der Waals surface area contributed by atoms with Crippen molar-refractivity contribution in [3.05, 3.63) is 81.5 Å². The molecule has 3 rings (SSSR count). The number of benzene rings is 2. The van der Waals surface area contributed by atoms with Crippen LogP contribution in [0.15, 0.2) is 64.1 Å². The first-order valence-corrected chi connectivity index (χ1v) is 10.4. The second-order valence-corrected chi connectivity index (χ2v) is 7.93. The summed E-state index contributed by atoms with van der Waals surface area (Å²) in [6, 6.07) is 17.0. The van der Waals surface area contributed by atoms with Gasteiger partial charge in [-0.2, -0.15) is 5.10 Å². The van der Waals surface area contributed by atoms with Gasteiger partial charge in [-0.05, 0) is 42.8 Å². The molecule has 4 nitrogen and oxygen atoms in total. The van der Waals surface area contributed by atoms with Crippen LogP contribution in [0.1, 0.15) is 16.9 Å². The van der Waals surface area contributed by atoms with Crippen molar-refractivity contribution in [2.75, 3.05) is 5.75 Å². The highest BCUT2D eigenvalue weighted by Gasteiger charge is 2.08. The fourth-order valence-corrected chi connectivity index (χ4v) is 3.68. The van der Waals surface area contributed by atoms with E-state index in [0.717, 1.165) is 11.3 Å². The van der Waals surface area contributed by atoms with E-state index in [9.17, 15) is 4.79 Å². The number of hydrogen-bond acceptors (Lipinski definition) is 4. The van der Waals surface area contributed by atoms with Gasteiger partial charge >= 0.3 is 0 Å². The molecular formula is C21H18Cl2N2O2S. The molecule has 0 aliphatic rings. The Bertz CT molecular complexity index is 984. The number of furan rings is 1. The van der Waals surface area contributed by atoms with Crippen LogP contribution in [-0.2, 0) is 10.5 Å². The van der Waals surface area contributed by atoms with Gasteiger partial charge in [-0.25, -0.2) is 5.43 Å². The van der Waals surface area contributed by atoms with Gasteiger partial charge in [-0.15, -0.1) is 11.8 Å². The van der Waals surface area contributed by atoms with Gasteiger partial charge in [-0.1, -0.05) is 53.0 Å². The van der Waals surface area contributed by atoms with Crippen molar-refractivity contribution in [1.82, 2.24) is 5.43 Å². The number of hydrogen-bond donors (Lipinski definition) is 1. The zero-order chi connectivity index (χ0) is 19.9. The van der Waals surface area contributed by atoms with Gasteiger partial charge in [-0.3, -0.25) is 4.79 Å². The Morgan fingerprint density at radius 1 is 1.14 bits per heavy atom. The number of hydrazone groups is 1. The lowest BCUT2D eigenvalue weighted by Gasteiger charge is -2.02. The van der Waals surface area contributed by atoms with E-state index in [1.54, 1.807) is 30.3 Å². The predicted molar refractivity (Wildman–Crippen MR) is 117 cm³/mol. The molecule has 0 fully saturated rings. The lowest BCUT2D eigenvalue weighted by molar-refractivity contribution is -0.118. The van der Waals surface area contributed by atoms with Crippen LogP contribution >= 0.6 is 35.0 Å². The molecule has 7 heteroatoms. The summed E-state index contributed by atoms with van der Waals surface area (Å²) in [5, 5.41) is 5.00. The molecule has 0 unspecified atom stereocenters. The van der Waals surface area contributed by atoms with Gasteiger partial charge < -0.3 is 4.42 Å². The molecular weight excluding hydrogens is 415 g/mol. The molecule has 0 saturated heterocycles. The maximum Gasteiger partial charge on any atom is 0.250 e. The van der Waals surface area contributed by atoms with Crippen molar-refractivity contribution in [3.8, 4) is 11.3 Å². The van der Waals surface area contributed by atoms with Crippen LogP contribution in [-0.4, -0.2) is 17.9 Å². The van der Waals surface area contributed by atoms with Crippen LogP contribution in [0.2, 0.25) is 10.0 Å². The lowest BCUT2D eigenvalue weighted by Crippen LogP contribution is -2.19. The Balaban J connectivity index is 1.47. The smallest absolute Gasteiger partial charge is 0.250 e. The summed E-state index contributed by atoms with van der Waals surface area (Å²) in [5.74, 6) is 2.05. The molecule has 0 atom stereocenters. The zero-order valence-corrected chi connectivity index (χ0v) is 17.4. The average molecular weight is 433 g/mol. The molecule has 0 saturated carbocycles. The van der Waals surface area contributed by atoms with Crippen LogP contribution < -0.4 is 5.43 Å². The van der Waals surface area contributed by atoms with E-state index in [1.165, 1.54) is 29.1 Å². The number of nitrogens with zero attached hydrogens (tertiary/aromatic N) is 1. The fraction of sp³-hybridized carbons (Fsp3) is 0.143. The lowest BCUT2D eigenvalue weighted by atomic mass is 10.2. The van der Waals surface area contributed by atoms with Gasteiger partial charge in [0.1, 0.15) is 11.5 Å². The van der Waals surface area contributed by atoms with Gasteiger partial charge in [0, 0.05) is 16.3 Å². The molecule has 0 aliphatic heterocycles. The fourth-order valence-electron chi connectivity index (χ4n) is 2.40. The summed E-state index contributed by atoms with van der Waals surface area (Å²) in [4.78, 5) is 11.9. The highest BCUT2D eigenvalue weighted by atomic mass is 35.5. The normalized spacial score (nSPS) is 11.1. The monoisotopic (exact) mass is 432 g/mol. The van der Waals surface area contributed by atoms with E-state index in [1.807, 2.05) is 0 Å². The maximum absolute atomic E-state index is 11.9. The number of amides is 1. The number of thioether (sulfide) groups is 1. The first-order chi connectivity index (χ1) is 13.5. The predicted octanol–water partition coefficient (Wildman–Crippen LogP) is 5.95. The molecule has 144 valence electrons. The first kappa shape index (κ1) is 20.5. The van der Waals surface area contributed by atoms with Gasteiger partial charge in [0.2, 0.25) is 5.91 Å². The molecule has 28 heavy (non-hydrogen) atoms. The summed E-state index contributed by atoms with van der Waals surface area (Å²) in [7, 11) is 0. The van der Waals surface area contributed by atoms with Gasteiger partial charge in [0.05, 0.1) is 17.0 Å². The zero-order valence-electron chi connectivity index (χ0n) is 15.1. The van der Waals surface area contributed by atoms with E-state index < -0.39 is 0 Å². The Morgan fingerprint density at radius 3 is 2.68 bits per heavy atom. The topological polar surface area (TPSA) is 54.6 Å². The van der Waals surface area contributed by atoms with Crippen LogP contribution in [0.3, 0.4) is 0 Å². The average Bonchev–Trinajstić information content (AvgIpc) is 3.12. The second kappa shape index (κ2) is 9.82. The molecule has 2 aromatic carbocycles. The number of halogens is 2. The third-order valence-corrected chi connectivity index (χ3v) is 5.38. The third-order valence-electron chi connectivity index (χ3n) is 3.83. The highest BCUT2D eigenvalue weighted by Crippen LogP contribution is 2.31. The Hall–Kier alpha value is -2.21. The molecule has 0 spiro atoms. The van der Waals surface area contributed by atoms with Crippen molar-refractivity contribution in [2.45, 2.75) is 12.7 Å². The molecule has 1 amide bonds.